The largest absolute Gasteiger partial charge is 0.385 e. The number of hydrogen-bond donors (Lipinski definition) is 0. The molecular weight excluding hydrogens is 324 g/mol. The van der Waals surface area contributed by atoms with Crippen LogP contribution in [0.5, 0.6) is 0 Å². The smallest absolute Gasteiger partial charge is 0.230 e. The van der Waals surface area contributed by atoms with Gasteiger partial charge in [-0.05, 0) is 49.3 Å². The molecule has 1 atom stereocenters. The third-order valence-electron chi connectivity index (χ3n) is 6.10. The Bertz CT molecular complexity index is 599. The minimum atomic E-state index is -0.136. The van der Waals surface area contributed by atoms with E-state index in [2.05, 4.69) is 47.9 Å². The highest BCUT2D eigenvalue weighted by molar-refractivity contribution is 5.84. The molecule has 1 spiro atoms. The fourth-order valence-electron chi connectivity index (χ4n) is 4.49. The number of hydrogen-bond acceptors (Lipinski definition) is 3. The van der Waals surface area contributed by atoms with Gasteiger partial charge in [0.05, 0.1) is 5.41 Å². The summed E-state index contributed by atoms with van der Waals surface area (Å²) in [6.45, 7) is 9.90. The fourth-order valence-corrected chi connectivity index (χ4v) is 4.49. The molecule has 144 valence electrons. The zero-order valence-electron chi connectivity index (χ0n) is 16.7. The molecule has 1 aromatic rings. The molecule has 4 nitrogen and oxygen atoms in total. The molecule has 2 fully saturated rings. The van der Waals surface area contributed by atoms with E-state index in [1.54, 1.807) is 7.11 Å². The molecule has 1 aromatic carbocycles. The molecule has 0 aromatic heterocycles. The van der Waals surface area contributed by atoms with Gasteiger partial charge in [-0.15, -0.1) is 0 Å². The van der Waals surface area contributed by atoms with Crippen LogP contribution in [-0.2, 0) is 16.1 Å². The Kier molecular flexibility index (Phi) is 6.36. The lowest BCUT2D eigenvalue weighted by Crippen LogP contribution is -2.49. The van der Waals surface area contributed by atoms with Gasteiger partial charge in [-0.2, -0.15) is 0 Å². The van der Waals surface area contributed by atoms with E-state index in [0.717, 1.165) is 65.0 Å². The Morgan fingerprint density at radius 2 is 1.92 bits per heavy atom. The van der Waals surface area contributed by atoms with Crippen molar-refractivity contribution in [2.45, 2.75) is 52.0 Å². The molecule has 0 saturated carbocycles. The maximum Gasteiger partial charge on any atom is 0.230 e. The number of methoxy groups -OCH3 is 1. The summed E-state index contributed by atoms with van der Waals surface area (Å²) in [5, 5.41) is 0. The summed E-state index contributed by atoms with van der Waals surface area (Å²) in [5.41, 5.74) is 2.47. The molecular formula is C22H34N2O2. The van der Waals surface area contributed by atoms with E-state index in [1.165, 1.54) is 11.1 Å². The number of amides is 1. The zero-order chi connectivity index (χ0) is 18.6. The second kappa shape index (κ2) is 8.53. The van der Waals surface area contributed by atoms with Crippen LogP contribution in [0.3, 0.4) is 0 Å². The summed E-state index contributed by atoms with van der Waals surface area (Å²) in [6, 6.07) is 8.79. The van der Waals surface area contributed by atoms with Crippen molar-refractivity contribution in [2.75, 3.05) is 39.9 Å². The van der Waals surface area contributed by atoms with E-state index in [1.807, 2.05) is 0 Å². The number of benzene rings is 1. The van der Waals surface area contributed by atoms with Crippen LogP contribution in [-0.4, -0.2) is 55.6 Å². The van der Waals surface area contributed by atoms with Gasteiger partial charge in [-0.1, -0.05) is 38.1 Å². The number of piperidine rings is 1. The topological polar surface area (TPSA) is 32.8 Å². The van der Waals surface area contributed by atoms with Crippen molar-refractivity contribution in [3.63, 3.8) is 0 Å². The number of ether oxygens (including phenoxy) is 1. The summed E-state index contributed by atoms with van der Waals surface area (Å²) in [5.74, 6) is 0.928. The molecule has 0 radical (unpaired) electrons. The van der Waals surface area contributed by atoms with Crippen molar-refractivity contribution in [2.24, 2.45) is 5.41 Å². The van der Waals surface area contributed by atoms with E-state index in [4.69, 9.17) is 4.74 Å². The molecule has 3 rings (SSSR count). The lowest BCUT2D eigenvalue weighted by Gasteiger charge is -2.39. The van der Waals surface area contributed by atoms with Gasteiger partial charge < -0.3 is 14.5 Å². The standard InChI is InChI=1S/C22H34N2O2/c1-18(2)20-8-6-19(7-9-20)16-24-13-4-10-22(21(24)25)11-14-23(17-22)12-5-15-26-3/h6-9,18H,4-5,10-17H2,1-3H3/t22-/m1/s1. The van der Waals surface area contributed by atoms with Gasteiger partial charge >= 0.3 is 0 Å². The van der Waals surface area contributed by atoms with E-state index < -0.39 is 0 Å². The number of likely N-dealkylation sites (tertiary alicyclic amines) is 2. The first-order valence-corrected chi connectivity index (χ1v) is 10.1. The molecule has 0 unspecified atom stereocenters. The molecule has 1 amide bonds. The Balaban J connectivity index is 1.61. The highest BCUT2D eigenvalue weighted by Crippen LogP contribution is 2.40. The molecule has 2 aliphatic rings. The van der Waals surface area contributed by atoms with Gasteiger partial charge in [0, 0.05) is 39.9 Å². The monoisotopic (exact) mass is 358 g/mol. The fraction of sp³-hybridized carbons (Fsp3) is 0.682. The molecule has 2 saturated heterocycles. The van der Waals surface area contributed by atoms with Crippen LogP contribution in [0.15, 0.2) is 24.3 Å². The Morgan fingerprint density at radius 3 is 2.62 bits per heavy atom. The quantitative estimate of drug-likeness (QED) is 0.697. The molecule has 2 heterocycles. The van der Waals surface area contributed by atoms with Crippen LogP contribution in [0.25, 0.3) is 0 Å². The Labute approximate surface area is 158 Å². The lowest BCUT2D eigenvalue weighted by atomic mass is 9.78. The van der Waals surface area contributed by atoms with E-state index in [-0.39, 0.29) is 5.41 Å². The summed E-state index contributed by atoms with van der Waals surface area (Å²) in [4.78, 5) is 17.8. The highest BCUT2D eigenvalue weighted by Gasteiger charge is 2.47. The third-order valence-corrected chi connectivity index (χ3v) is 6.10. The third kappa shape index (κ3) is 4.29. The summed E-state index contributed by atoms with van der Waals surface area (Å²) in [7, 11) is 1.75. The molecule has 0 N–H and O–H groups in total. The first-order valence-electron chi connectivity index (χ1n) is 10.1. The maximum atomic E-state index is 13.3. The van der Waals surface area contributed by atoms with Crippen LogP contribution in [0.2, 0.25) is 0 Å². The predicted molar refractivity (Wildman–Crippen MR) is 105 cm³/mol. The number of carbonyl (C=O) groups excluding carboxylic acids is 1. The van der Waals surface area contributed by atoms with Crippen molar-refractivity contribution in [1.29, 1.82) is 0 Å². The number of rotatable bonds is 7. The van der Waals surface area contributed by atoms with Crippen molar-refractivity contribution in [1.82, 2.24) is 9.80 Å². The highest BCUT2D eigenvalue weighted by atomic mass is 16.5. The van der Waals surface area contributed by atoms with E-state index in [9.17, 15) is 4.79 Å². The van der Waals surface area contributed by atoms with Gasteiger partial charge in [0.25, 0.3) is 0 Å². The number of nitrogens with zero attached hydrogens (tertiary/aromatic N) is 2. The van der Waals surface area contributed by atoms with E-state index >= 15 is 0 Å². The molecule has 0 bridgehead atoms. The van der Waals surface area contributed by atoms with Crippen molar-refractivity contribution in [3.05, 3.63) is 35.4 Å². The Hall–Kier alpha value is -1.39. The van der Waals surface area contributed by atoms with Gasteiger partial charge in [0.15, 0.2) is 0 Å². The first-order chi connectivity index (χ1) is 12.5. The lowest BCUT2D eigenvalue weighted by molar-refractivity contribution is -0.146. The van der Waals surface area contributed by atoms with Gasteiger partial charge in [0.1, 0.15) is 0 Å². The van der Waals surface area contributed by atoms with Crippen LogP contribution in [0.1, 0.15) is 56.6 Å². The first kappa shape index (κ1) is 19.4. The maximum absolute atomic E-state index is 13.3. The molecule has 4 heteroatoms. The average molecular weight is 359 g/mol. The van der Waals surface area contributed by atoms with Gasteiger partial charge in [0.2, 0.25) is 5.91 Å². The van der Waals surface area contributed by atoms with Crippen molar-refractivity contribution >= 4 is 5.91 Å². The number of carbonyl (C=O) groups is 1. The normalized spacial score (nSPS) is 24.2. The van der Waals surface area contributed by atoms with Crippen molar-refractivity contribution in [3.8, 4) is 0 Å². The summed E-state index contributed by atoms with van der Waals surface area (Å²) < 4.78 is 5.16. The molecule has 0 aliphatic carbocycles. The molecule has 26 heavy (non-hydrogen) atoms. The van der Waals surface area contributed by atoms with Gasteiger partial charge in [-0.25, -0.2) is 0 Å². The van der Waals surface area contributed by atoms with Crippen LogP contribution < -0.4 is 0 Å². The van der Waals surface area contributed by atoms with E-state index in [0.29, 0.717) is 11.8 Å². The average Bonchev–Trinajstić information content (AvgIpc) is 3.04. The van der Waals surface area contributed by atoms with Crippen LogP contribution >= 0.6 is 0 Å². The minimum absolute atomic E-state index is 0.136. The minimum Gasteiger partial charge on any atom is -0.385 e. The van der Waals surface area contributed by atoms with Crippen LogP contribution in [0.4, 0.5) is 0 Å². The zero-order valence-corrected chi connectivity index (χ0v) is 16.7. The summed E-state index contributed by atoms with van der Waals surface area (Å²) >= 11 is 0. The van der Waals surface area contributed by atoms with Crippen LogP contribution in [0, 0.1) is 5.41 Å². The second-order valence-corrected chi connectivity index (χ2v) is 8.38. The molecule has 2 aliphatic heterocycles. The predicted octanol–water partition coefficient (Wildman–Crippen LogP) is 3.66. The SMILES string of the molecule is COCCCN1CC[C@]2(CCCN(Cc3ccc(C(C)C)cc3)C2=O)C1. The van der Waals surface area contributed by atoms with Gasteiger partial charge in [-0.3, -0.25) is 4.79 Å². The Morgan fingerprint density at radius 1 is 1.15 bits per heavy atom. The van der Waals surface area contributed by atoms with Crippen molar-refractivity contribution < 1.29 is 9.53 Å². The second-order valence-electron chi connectivity index (χ2n) is 8.38. The summed E-state index contributed by atoms with van der Waals surface area (Å²) in [6.07, 6.45) is 4.24.